The number of hydrogen-bond acceptors (Lipinski definition) is 10. The van der Waals surface area contributed by atoms with Crippen LogP contribution >= 0.6 is 0 Å². The molecule has 1 aromatic rings. The van der Waals surface area contributed by atoms with E-state index < -0.39 is 25.4 Å². The van der Waals surface area contributed by atoms with Crippen molar-refractivity contribution in [3.8, 4) is 6.01 Å². The SMILES string of the molecule is CCCOc1nc(NN)nc(NC(CO)(CO)CO)n1. The van der Waals surface area contributed by atoms with Crippen LogP contribution in [-0.2, 0) is 0 Å². The Hall–Kier alpha value is -1.75. The maximum atomic E-state index is 9.25. The largest absolute Gasteiger partial charge is 0.463 e. The first-order chi connectivity index (χ1) is 9.62. The molecule has 0 fully saturated rings. The Morgan fingerprint density at radius 2 is 1.70 bits per heavy atom. The number of nitrogens with one attached hydrogen (secondary N) is 2. The number of ether oxygens (including phenoxy) is 1. The van der Waals surface area contributed by atoms with Crippen LogP contribution in [-0.4, -0.2) is 62.2 Å². The quantitative estimate of drug-likeness (QED) is 0.223. The molecule has 0 aliphatic rings. The van der Waals surface area contributed by atoms with Crippen molar-refractivity contribution in [1.29, 1.82) is 0 Å². The van der Waals surface area contributed by atoms with Crippen LogP contribution in [0.5, 0.6) is 6.01 Å². The molecule has 0 amide bonds. The lowest BCUT2D eigenvalue weighted by Gasteiger charge is -2.28. The minimum Gasteiger partial charge on any atom is -0.463 e. The number of nitrogens with two attached hydrogens (primary N) is 1. The molecule has 0 aliphatic carbocycles. The molecule has 1 aromatic heterocycles. The fourth-order valence-electron chi connectivity index (χ4n) is 1.24. The predicted molar refractivity (Wildman–Crippen MR) is 71.0 cm³/mol. The van der Waals surface area contributed by atoms with Crippen LogP contribution in [0.15, 0.2) is 0 Å². The lowest BCUT2D eigenvalue weighted by molar-refractivity contribution is 0.0827. The normalized spacial score (nSPS) is 11.2. The van der Waals surface area contributed by atoms with Gasteiger partial charge in [0.15, 0.2) is 0 Å². The van der Waals surface area contributed by atoms with Crippen molar-refractivity contribution in [3.63, 3.8) is 0 Å². The average Bonchev–Trinajstić information content (AvgIpc) is 2.50. The van der Waals surface area contributed by atoms with Gasteiger partial charge in [0.1, 0.15) is 5.54 Å². The van der Waals surface area contributed by atoms with Gasteiger partial charge in [-0.25, -0.2) is 5.84 Å². The number of nitrogen functional groups attached to an aromatic ring is 1. The highest BCUT2D eigenvalue weighted by molar-refractivity contribution is 5.37. The van der Waals surface area contributed by atoms with Gasteiger partial charge >= 0.3 is 6.01 Å². The van der Waals surface area contributed by atoms with Crippen molar-refractivity contribution in [3.05, 3.63) is 0 Å². The van der Waals surface area contributed by atoms with Gasteiger partial charge in [-0.15, -0.1) is 0 Å². The number of aliphatic hydroxyl groups is 3. The molecule has 0 saturated heterocycles. The van der Waals surface area contributed by atoms with Gasteiger partial charge in [-0.3, -0.25) is 5.43 Å². The molecule has 0 radical (unpaired) electrons. The van der Waals surface area contributed by atoms with Crippen molar-refractivity contribution < 1.29 is 20.1 Å². The molecule has 10 nitrogen and oxygen atoms in total. The average molecular weight is 288 g/mol. The zero-order valence-corrected chi connectivity index (χ0v) is 11.2. The highest BCUT2D eigenvalue weighted by atomic mass is 16.5. The Labute approximate surface area is 116 Å². The topological polar surface area (TPSA) is 159 Å². The van der Waals surface area contributed by atoms with E-state index in [4.69, 9.17) is 10.6 Å². The second kappa shape index (κ2) is 7.75. The molecule has 10 heteroatoms. The van der Waals surface area contributed by atoms with E-state index in [-0.39, 0.29) is 17.9 Å². The lowest BCUT2D eigenvalue weighted by Crippen LogP contribution is -2.49. The number of rotatable bonds is 9. The summed E-state index contributed by atoms with van der Waals surface area (Å²) >= 11 is 0. The van der Waals surface area contributed by atoms with Gasteiger partial charge < -0.3 is 25.4 Å². The molecule has 0 unspecified atom stereocenters. The summed E-state index contributed by atoms with van der Waals surface area (Å²) in [6.45, 7) is 0.808. The summed E-state index contributed by atoms with van der Waals surface area (Å²) in [5, 5.41) is 30.4. The lowest BCUT2D eigenvalue weighted by atomic mass is 10.0. The number of aliphatic hydroxyl groups excluding tert-OH is 3. The molecule has 1 heterocycles. The van der Waals surface area contributed by atoms with Gasteiger partial charge in [-0.2, -0.15) is 15.0 Å². The third-order valence-electron chi connectivity index (χ3n) is 2.46. The van der Waals surface area contributed by atoms with E-state index in [2.05, 4.69) is 25.7 Å². The van der Waals surface area contributed by atoms with Crippen LogP contribution in [0.2, 0.25) is 0 Å². The maximum Gasteiger partial charge on any atom is 0.323 e. The van der Waals surface area contributed by atoms with E-state index in [1.807, 2.05) is 6.92 Å². The van der Waals surface area contributed by atoms with E-state index in [9.17, 15) is 15.3 Å². The van der Waals surface area contributed by atoms with Gasteiger partial charge in [0.2, 0.25) is 11.9 Å². The highest BCUT2D eigenvalue weighted by Gasteiger charge is 2.29. The van der Waals surface area contributed by atoms with Crippen LogP contribution in [0.1, 0.15) is 13.3 Å². The van der Waals surface area contributed by atoms with Crippen molar-refractivity contribution in [1.82, 2.24) is 15.0 Å². The summed E-state index contributed by atoms with van der Waals surface area (Å²) in [5.41, 5.74) is 0.902. The Kier molecular flexibility index (Phi) is 6.31. The molecule has 1 rings (SSSR count). The summed E-state index contributed by atoms with van der Waals surface area (Å²) in [6.07, 6.45) is 0.772. The predicted octanol–water partition coefficient (Wildman–Crippen LogP) is -1.93. The molecular weight excluding hydrogens is 268 g/mol. The summed E-state index contributed by atoms with van der Waals surface area (Å²) in [7, 11) is 0. The first-order valence-electron chi connectivity index (χ1n) is 6.09. The fraction of sp³-hybridized carbons (Fsp3) is 0.700. The van der Waals surface area contributed by atoms with Crippen molar-refractivity contribution in [2.75, 3.05) is 37.2 Å². The van der Waals surface area contributed by atoms with Crippen LogP contribution in [0, 0.1) is 0 Å². The maximum absolute atomic E-state index is 9.25. The van der Waals surface area contributed by atoms with E-state index in [1.165, 1.54) is 0 Å². The van der Waals surface area contributed by atoms with E-state index >= 15 is 0 Å². The smallest absolute Gasteiger partial charge is 0.323 e. The molecule has 0 saturated carbocycles. The van der Waals surface area contributed by atoms with Gasteiger partial charge in [-0.1, -0.05) is 6.92 Å². The van der Waals surface area contributed by atoms with Gasteiger partial charge in [-0.05, 0) is 6.42 Å². The Morgan fingerprint density at radius 1 is 1.10 bits per heavy atom. The second-order valence-electron chi connectivity index (χ2n) is 4.14. The van der Waals surface area contributed by atoms with Crippen LogP contribution < -0.4 is 21.3 Å². The summed E-state index contributed by atoms with van der Waals surface area (Å²) in [6, 6.07) is 0.0417. The van der Waals surface area contributed by atoms with Crippen LogP contribution in [0.4, 0.5) is 11.9 Å². The summed E-state index contributed by atoms with van der Waals surface area (Å²) in [5.74, 6) is 5.31. The molecule has 0 spiro atoms. The van der Waals surface area contributed by atoms with E-state index in [0.29, 0.717) is 6.61 Å². The first-order valence-corrected chi connectivity index (χ1v) is 6.09. The van der Waals surface area contributed by atoms with E-state index in [0.717, 1.165) is 6.42 Å². The number of anilines is 2. The molecule has 114 valence electrons. The molecule has 0 bridgehead atoms. The van der Waals surface area contributed by atoms with Crippen molar-refractivity contribution in [2.45, 2.75) is 18.9 Å². The van der Waals surface area contributed by atoms with Gasteiger partial charge in [0, 0.05) is 0 Å². The fourth-order valence-corrected chi connectivity index (χ4v) is 1.24. The molecule has 0 aliphatic heterocycles. The minimum atomic E-state index is -1.35. The molecule has 0 atom stereocenters. The minimum absolute atomic E-state index is 0.0104. The number of hydrogen-bond donors (Lipinski definition) is 6. The monoisotopic (exact) mass is 288 g/mol. The Morgan fingerprint density at radius 3 is 2.20 bits per heavy atom. The van der Waals surface area contributed by atoms with Crippen LogP contribution in [0.3, 0.4) is 0 Å². The summed E-state index contributed by atoms with van der Waals surface area (Å²) < 4.78 is 5.27. The van der Waals surface area contributed by atoms with Crippen molar-refractivity contribution >= 4 is 11.9 Å². The third-order valence-corrected chi connectivity index (χ3v) is 2.46. The third kappa shape index (κ3) is 4.13. The second-order valence-corrected chi connectivity index (χ2v) is 4.14. The molecule has 20 heavy (non-hydrogen) atoms. The zero-order chi connectivity index (χ0) is 15.0. The molecule has 0 aromatic carbocycles. The molecule has 7 N–H and O–H groups in total. The zero-order valence-electron chi connectivity index (χ0n) is 11.2. The number of aromatic nitrogens is 3. The number of nitrogens with zero attached hydrogens (tertiary/aromatic N) is 3. The molecular formula is C10H20N6O4. The Bertz CT molecular complexity index is 406. The first kappa shape index (κ1) is 16.3. The van der Waals surface area contributed by atoms with Crippen LogP contribution in [0.25, 0.3) is 0 Å². The van der Waals surface area contributed by atoms with Gasteiger partial charge in [0.05, 0.1) is 26.4 Å². The summed E-state index contributed by atoms with van der Waals surface area (Å²) in [4.78, 5) is 11.8. The van der Waals surface area contributed by atoms with Gasteiger partial charge in [0.25, 0.3) is 0 Å². The Balaban J connectivity index is 2.98. The van der Waals surface area contributed by atoms with E-state index in [1.54, 1.807) is 0 Å². The van der Waals surface area contributed by atoms with Crippen molar-refractivity contribution in [2.24, 2.45) is 5.84 Å². The standard InChI is InChI=1S/C10H20N6O4/c1-2-3-20-9-13-7(12-8(14-9)16-11)15-10(4-17,5-18)6-19/h17-19H,2-6,11H2,1H3,(H2,12,13,14,15,16). The highest BCUT2D eigenvalue weighted by Crippen LogP contribution is 2.15. The number of hydrazine groups is 1.